The van der Waals surface area contributed by atoms with E-state index in [1.807, 2.05) is 0 Å². The van der Waals surface area contributed by atoms with Crippen LogP contribution in [0.25, 0.3) is 0 Å². The molecule has 5 rings (SSSR count). The lowest BCUT2D eigenvalue weighted by molar-refractivity contribution is -0.0476. The fourth-order valence-electron chi connectivity index (χ4n) is 6.06. The van der Waals surface area contributed by atoms with E-state index in [1.165, 1.54) is 13.1 Å². The summed E-state index contributed by atoms with van der Waals surface area (Å²) in [6.07, 6.45) is 7.80. The molecule has 0 aromatic carbocycles. The van der Waals surface area contributed by atoms with Gasteiger partial charge in [0, 0.05) is 25.7 Å². The molecular formula is C17H30N2. The predicted octanol–water partition coefficient (Wildman–Crippen LogP) is 2.73. The lowest BCUT2D eigenvalue weighted by Crippen LogP contribution is -2.49. The summed E-state index contributed by atoms with van der Waals surface area (Å²) >= 11 is 0. The van der Waals surface area contributed by atoms with Crippen molar-refractivity contribution in [3.05, 3.63) is 0 Å². The minimum absolute atomic E-state index is 0.325. The molecule has 1 atom stereocenters. The molecule has 4 saturated carbocycles. The molecule has 0 aromatic heterocycles. The smallest absolute Gasteiger partial charge is 0.0232 e. The van der Waals surface area contributed by atoms with Gasteiger partial charge in [-0.15, -0.1) is 0 Å². The van der Waals surface area contributed by atoms with E-state index in [4.69, 9.17) is 5.73 Å². The van der Waals surface area contributed by atoms with Gasteiger partial charge >= 0.3 is 0 Å². The molecule has 4 bridgehead atoms. The second kappa shape index (κ2) is 4.21. The number of nitrogens with two attached hydrogens (primary N) is 1. The van der Waals surface area contributed by atoms with Crippen molar-refractivity contribution < 1.29 is 0 Å². The number of nitrogens with zero attached hydrogens (tertiary/aromatic N) is 1. The van der Waals surface area contributed by atoms with Gasteiger partial charge in [0.15, 0.2) is 0 Å². The highest BCUT2D eigenvalue weighted by molar-refractivity contribution is 5.01. The molecule has 1 saturated heterocycles. The molecule has 108 valence electrons. The Balaban J connectivity index is 1.44. The molecule has 2 N–H and O–H groups in total. The minimum Gasteiger partial charge on any atom is -0.326 e. The topological polar surface area (TPSA) is 29.3 Å². The normalized spacial score (nSPS) is 51.9. The Labute approximate surface area is 118 Å². The van der Waals surface area contributed by atoms with E-state index in [9.17, 15) is 0 Å². The molecule has 2 heteroatoms. The number of rotatable bonds is 2. The van der Waals surface area contributed by atoms with Gasteiger partial charge in [0.2, 0.25) is 0 Å². The fourth-order valence-corrected chi connectivity index (χ4v) is 6.06. The average molecular weight is 262 g/mol. The average Bonchev–Trinajstić information content (AvgIpc) is 2.56. The van der Waals surface area contributed by atoms with Crippen molar-refractivity contribution >= 4 is 0 Å². The lowest BCUT2D eigenvalue weighted by atomic mass is 9.52. The number of likely N-dealkylation sites (tertiary alicyclic amines) is 1. The van der Waals surface area contributed by atoms with Crippen molar-refractivity contribution in [2.75, 3.05) is 19.6 Å². The van der Waals surface area contributed by atoms with Crippen LogP contribution in [-0.4, -0.2) is 30.6 Å². The molecule has 1 unspecified atom stereocenters. The zero-order chi connectivity index (χ0) is 13.2. The van der Waals surface area contributed by atoms with Gasteiger partial charge in [-0.3, -0.25) is 0 Å². The Morgan fingerprint density at radius 1 is 1.00 bits per heavy atom. The molecular weight excluding hydrogens is 232 g/mol. The maximum atomic E-state index is 6.31. The van der Waals surface area contributed by atoms with Crippen molar-refractivity contribution in [2.24, 2.45) is 40.7 Å². The zero-order valence-electron chi connectivity index (χ0n) is 12.6. The molecule has 1 aliphatic heterocycles. The summed E-state index contributed by atoms with van der Waals surface area (Å²) in [4.78, 5) is 2.69. The van der Waals surface area contributed by atoms with E-state index >= 15 is 0 Å². The van der Waals surface area contributed by atoms with Gasteiger partial charge in [0.05, 0.1) is 0 Å². The highest BCUT2D eigenvalue weighted by Gasteiger charge is 2.49. The van der Waals surface area contributed by atoms with Crippen LogP contribution >= 0.6 is 0 Å². The van der Waals surface area contributed by atoms with Crippen LogP contribution in [0, 0.1) is 35.0 Å². The molecule has 0 aromatic rings. The Hall–Kier alpha value is -0.0800. The van der Waals surface area contributed by atoms with Crippen molar-refractivity contribution in [3.63, 3.8) is 0 Å². The summed E-state index contributed by atoms with van der Waals surface area (Å²) in [6.45, 7) is 8.39. The Kier molecular flexibility index (Phi) is 2.80. The van der Waals surface area contributed by atoms with Gasteiger partial charge in [-0.1, -0.05) is 13.8 Å². The molecule has 4 aliphatic carbocycles. The van der Waals surface area contributed by atoms with E-state index in [1.54, 1.807) is 32.1 Å². The first-order chi connectivity index (χ1) is 9.01. The first kappa shape index (κ1) is 12.6. The summed E-state index contributed by atoms with van der Waals surface area (Å²) < 4.78 is 0. The second-order valence-corrected chi connectivity index (χ2v) is 8.88. The molecule has 5 fully saturated rings. The van der Waals surface area contributed by atoms with Crippen molar-refractivity contribution in [2.45, 2.75) is 52.0 Å². The highest BCUT2D eigenvalue weighted by atomic mass is 15.2. The summed E-state index contributed by atoms with van der Waals surface area (Å²) in [5, 5.41) is 0. The molecule has 19 heavy (non-hydrogen) atoms. The standard InChI is InChI=1S/C17H30N2/c1-17(2)10-19(9-16(17)18)8-15-13-4-11-3-12(6-13)7-14(15)5-11/h11-16H,3-10,18H2,1-2H3. The van der Waals surface area contributed by atoms with E-state index in [2.05, 4.69) is 18.7 Å². The monoisotopic (exact) mass is 262 g/mol. The van der Waals surface area contributed by atoms with Crippen LogP contribution in [0.3, 0.4) is 0 Å². The molecule has 2 nitrogen and oxygen atoms in total. The Bertz CT molecular complexity index is 334. The van der Waals surface area contributed by atoms with Gasteiger partial charge in [-0.2, -0.15) is 0 Å². The van der Waals surface area contributed by atoms with Crippen molar-refractivity contribution in [1.29, 1.82) is 0 Å². The summed E-state index contributed by atoms with van der Waals surface area (Å²) in [5.41, 5.74) is 6.64. The van der Waals surface area contributed by atoms with Gasteiger partial charge in [0.1, 0.15) is 0 Å². The third kappa shape index (κ3) is 2.06. The second-order valence-electron chi connectivity index (χ2n) is 8.88. The van der Waals surface area contributed by atoms with Crippen LogP contribution in [-0.2, 0) is 0 Å². The van der Waals surface area contributed by atoms with Gasteiger partial charge in [-0.25, -0.2) is 0 Å². The molecule has 0 spiro atoms. The predicted molar refractivity (Wildman–Crippen MR) is 78.7 cm³/mol. The number of hydrogen-bond acceptors (Lipinski definition) is 2. The van der Waals surface area contributed by atoms with Crippen LogP contribution in [0.1, 0.15) is 46.0 Å². The SMILES string of the molecule is CC1(C)CN(CC2C3CC4CC(C3)CC2C4)CC1N. The third-order valence-corrected chi connectivity index (χ3v) is 6.98. The summed E-state index contributed by atoms with van der Waals surface area (Å²) in [5.74, 6) is 5.35. The Morgan fingerprint density at radius 3 is 2.05 bits per heavy atom. The van der Waals surface area contributed by atoms with Crippen LogP contribution in [0.4, 0.5) is 0 Å². The molecule has 1 heterocycles. The van der Waals surface area contributed by atoms with E-state index in [0.717, 1.165) is 36.1 Å². The van der Waals surface area contributed by atoms with Gasteiger partial charge in [-0.05, 0) is 67.1 Å². The maximum Gasteiger partial charge on any atom is 0.0232 e. The minimum atomic E-state index is 0.325. The van der Waals surface area contributed by atoms with E-state index in [0.29, 0.717) is 11.5 Å². The first-order valence-corrected chi connectivity index (χ1v) is 8.49. The number of hydrogen-bond donors (Lipinski definition) is 1. The maximum absolute atomic E-state index is 6.31. The zero-order valence-corrected chi connectivity index (χ0v) is 12.6. The molecule has 5 aliphatic rings. The largest absolute Gasteiger partial charge is 0.326 e. The molecule has 0 radical (unpaired) electrons. The van der Waals surface area contributed by atoms with Gasteiger partial charge in [0.25, 0.3) is 0 Å². The van der Waals surface area contributed by atoms with Crippen molar-refractivity contribution in [3.8, 4) is 0 Å². The van der Waals surface area contributed by atoms with E-state index < -0.39 is 0 Å². The third-order valence-electron chi connectivity index (χ3n) is 6.98. The summed E-state index contributed by atoms with van der Waals surface area (Å²) in [6, 6.07) is 0.379. The van der Waals surface area contributed by atoms with Crippen LogP contribution in [0.5, 0.6) is 0 Å². The quantitative estimate of drug-likeness (QED) is 0.829. The first-order valence-electron chi connectivity index (χ1n) is 8.49. The van der Waals surface area contributed by atoms with Crippen LogP contribution in [0.2, 0.25) is 0 Å². The Morgan fingerprint density at radius 2 is 1.58 bits per heavy atom. The van der Waals surface area contributed by atoms with E-state index in [-0.39, 0.29) is 0 Å². The summed E-state index contributed by atoms with van der Waals surface area (Å²) in [7, 11) is 0. The van der Waals surface area contributed by atoms with Gasteiger partial charge < -0.3 is 10.6 Å². The fraction of sp³-hybridized carbons (Fsp3) is 1.00. The molecule has 0 amide bonds. The van der Waals surface area contributed by atoms with Crippen LogP contribution < -0.4 is 5.73 Å². The van der Waals surface area contributed by atoms with Crippen molar-refractivity contribution in [1.82, 2.24) is 4.90 Å². The van der Waals surface area contributed by atoms with Crippen LogP contribution in [0.15, 0.2) is 0 Å². The lowest BCUT2D eigenvalue weighted by Gasteiger charge is -2.55. The highest BCUT2D eigenvalue weighted by Crippen LogP contribution is 2.56.